The molecule has 130 valence electrons. The fourth-order valence-corrected chi connectivity index (χ4v) is 3.47. The van der Waals surface area contributed by atoms with Crippen LogP contribution in [-0.4, -0.2) is 17.3 Å². The van der Waals surface area contributed by atoms with Crippen molar-refractivity contribution in [3.05, 3.63) is 57.0 Å². The third-order valence-electron chi connectivity index (χ3n) is 4.37. The topological polar surface area (TPSA) is 58.9 Å². The van der Waals surface area contributed by atoms with E-state index < -0.39 is 41.4 Å². The van der Waals surface area contributed by atoms with Gasteiger partial charge in [0.15, 0.2) is 0 Å². The molecule has 0 saturated heterocycles. The molecule has 0 radical (unpaired) electrons. The van der Waals surface area contributed by atoms with Crippen molar-refractivity contribution < 1.29 is 26.3 Å². The van der Waals surface area contributed by atoms with Crippen molar-refractivity contribution >= 4 is 0 Å². The van der Waals surface area contributed by atoms with E-state index in [1.807, 2.05) is 0 Å². The quantitative estimate of drug-likeness (QED) is 0.558. The van der Waals surface area contributed by atoms with Crippen molar-refractivity contribution in [3.63, 3.8) is 0 Å². The first-order valence-corrected chi connectivity index (χ1v) is 6.99. The van der Waals surface area contributed by atoms with E-state index in [2.05, 4.69) is 4.98 Å². The van der Waals surface area contributed by atoms with E-state index in [-0.39, 0.29) is 29.3 Å². The van der Waals surface area contributed by atoms with Crippen LogP contribution in [0.3, 0.4) is 0 Å². The van der Waals surface area contributed by atoms with Crippen molar-refractivity contribution in [1.29, 1.82) is 0 Å². The number of H-pyrrole nitrogens is 1. The van der Waals surface area contributed by atoms with Crippen LogP contribution >= 0.6 is 0 Å². The summed E-state index contributed by atoms with van der Waals surface area (Å²) in [5, 5.41) is 0. The number of rotatable bonds is 0. The van der Waals surface area contributed by atoms with Gasteiger partial charge in [0.2, 0.25) is 5.56 Å². The molecule has 3 nitrogen and oxygen atoms in total. The second kappa shape index (κ2) is 4.98. The Hall–Kier alpha value is -2.03. The number of hydrogen-bond acceptors (Lipinski definition) is 2. The molecule has 0 aromatic carbocycles. The first-order chi connectivity index (χ1) is 10.9. The molecule has 2 atom stereocenters. The summed E-state index contributed by atoms with van der Waals surface area (Å²) in [4.78, 5) is 13.9. The van der Waals surface area contributed by atoms with Gasteiger partial charge in [0.05, 0.1) is 5.54 Å². The molecular formula is C15H12F6N2O. The SMILES string of the molecule is N[C@@]12CC(C(F)(F)F)=C[C@@H](Cc3[nH]c(=O)ccc31)/C2=C\C(F)(F)F. The Kier molecular flexibility index (Phi) is 3.49. The number of nitrogens with one attached hydrogen (secondary N) is 1. The van der Waals surface area contributed by atoms with Crippen LogP contribution in [0.2, 0.25) is 0 Å². The van der Waals surface area contributed by atoms with Crippen LogP contribution in [0.1, 0.15) is 17.7 Å². The van der Waals surface area contributed by atoms with Gasteiger partial charge in [0, 0.05) is 35.7 Å². The lowest BCUT2D eigenvalue weighted by atomic mass is 9.63. The van der Waals surface area contributed by atoms with Crippen molar-refractivity contribution in [2.45, 2.75) is 30.7 Å². The number of aromatic amines is 1. The highest BCUT2D eigenvalue weighted by Gasteiger charge is 2.51. The van der Waals surface area contributed by atoms with Gasteiger partial charge in [-0.15, -0.1) is 0 Å². The minimum Gasteiger partial charge on any atom is -0.326 e. The van der Waals surface area contributed by atoms with Crippen LogP contribution in [0.25, 0.3) is 0 Å². The molecule has 0 fully saturated rings. The van der Waals surface area contributed by atoms with Gasteiger partial charge in [-0.05, 0) is 23.6 Å². The lowest BCUT2D eigenvalue weighted by Crippen LogP contribution is -2.50. The highest BCUT2D eigenvalue weighted by atomic mass is 19.4. The Labute approximate surface area is 131 Å². The summed E-state index contributed by atoms with van der Waals surface area (Å²) in [5.41, 5.74) is 2.71. The van der Waals surface area contributed by atoms with Crippen molar-refractivity contribution in [2.24, 2.45) is 11.7 Å². The fourth-order valence-electron chi connectivity index (χ4n) is 3.47. The summed E-state index contributed by atoms with van der Waals surface area (Å²) >= 11 is 0. The molecule has 0 amide bonds. The second-order valence-corrected chi connectivity index (χ2v) is 6.00. The molecule has 1 heterocycles. The maximum atomic E-state index is 13.1. The molecule has 0 unspecified atom stereocenters. The molecule has 0 saturated carbocycles. The molecule has 9 heteroatoms. The lowest BCUT2D eigenvalue weighted by molar-refractivity contribution is -0.0974. The van der Waals surface area contributed by atoms with E-state index >= 15 is 0 Å². The number of alkyl halides is 6. The average Bonchev–Trinajstić information content (AvgIpc) is 2.38. The number of hydrogen-bond donors (Lipinski definition) is 2. The molecule has 2 aliphatic carbocycles. The molecule has 1 aromatic heterocycles. The summed E-state index contributed by atoms with van der Waals surface area (Å²) in [6.07, 6.45) is -9.61. The Morgan fingerprint density at radius 2 is 1.88 bits per heavy atom. The second-order valence-electron chi connectivity index (χ2n) is 6.00. The van der Waals surface area contributed by atoms with E-state index in [0.29, 0.717) is 0 Å². The minimum absolute atomic E-state index is 0.0185. The van der Waals surface area contributed by atoms with Crippen molar-refractivity contribution in [2.75, 3.05) is 0 Å². The van der Waals surface area contributed by atoms with Gasteiger partial charge in [-0.1, -0.05) is 6.08 Å². The predicted molar refractivity (Wildman–Crippen MR) is 73.0 cm³/mol. The fraction of sp³-hybridized carbons (Fsp3) is 0.400. The Bertz CT molecular complexity index is 801. The van der Waals surface area contributed by atoms with Gasteiger partial charge in [-0.3, -0.25) is 4.79 Å². The molecule has 0 spiro atoms. The van der Waals surface area contributed by atoms with Crippen LogP contribution in [0.4, 0.5) is 26.3 Å². The number of aromatic nitrogens is 1. The molecule has 24 heavy (non-hydrogen) atoms. The Balaban J connectivity index is 2.25. The first-order valence-electron chi connectivity index (χ1n) is 6.99. The molecule has 2 aliphatic rings. The minimum atomic E-state index is -4.71. The number of pyridine rings is 1. The molecule has 1 aromatic rings. The number of halogens is 6. The van der Waals surface area contributed by atoms with Crippen LogP contribution in [0.15, 0.2) is 40.2 Å². The van der Waals surface area contributed by atoms with Crippen LogP contribution in [0, 0.1) is 5.92 Å². The van der Waals surface area contributed by atoms with Gasteiger partial charge >= 0.3 is 12.4 Å². The summed E-state index contributed by atoms with van der Waals surface area (Å²) in [7, 11) is 0. The molecule has 3 N–H and O–H groups in total. The summed E-state index contributed by atoms with van der Waals surface area (Å²) in [5.74, 6) is -1.17. The molecule has 2 bridgehead atoms. The smallest absolute Gasteiger partial charge is 0.326 e. The van der Waals surface area contributed by atoms with Crippen LogP contribution in [0.5, 0.6) is 0 Å². The summed E-state index contributed by atoms with van der Waals surface area (Å²) in [6, 6.07) is 2.25. The summed E-state index contributed by atoms with van der Waals surface area (Å²) < 4.78 is 77.9. The maximum Gasteiger partial charge on any atom is 0.412 e. The van der Waals surface area contributed by atoms with Crippen LogP contribution < -0.4 is 11.3 Å². The highest BCUT2D eigenvalue weighted by molar-refractivity contribution is 5.50. The number of fused-ring (bicyclic) bond motifs is 4. The molecule has 0 aliphatic heterocycles. The Morgan fingerprint density at radius 1 is 1.21 bits per heavy atom. The third kappa shape index (κ3) is 2.77. The van der Waals surface area contributed by atoms with E-state index in [0.717, 1.165) is 12.1 Å². The van der Waals surface area contributed by atoms with Gasteiger partial charge in [0.25, 0.3) is 0 Å². The third-order valence-corrected chi connectivity index (χ3v) is 4.37. The Morgan fingerprint density at radius 3 is 2.46 bits per heavy atom. The van der Waals surface area contributed by atoms with Crippen molar-refractivity contribution in [1.82, 2.24) is 4.98 Å². The van der Waals surface area contributed by atoms with E-state index in [1.54, 1.807) is 0 Å². The number of allylic oxidation sites excluding steroid dienone is 2. The van der Waals surface area contributed by atoms with Crippen LogP contribution in [-0.2, 0) is 12.0 Å². The van der Waals surface area contributed by atoms with Gasteiger partial charge in [0.1, 0.15) is 0 Å². The van der Waals surface area contributed by atoms with Crippen molar-refractivity contribution in [3.8, 4) is 0 Å². The van der Waals surface area contributed by atoms with Gasteiger partial charge in [-0.2, -0.15) is 26.3 Å². The number of nitrogens with two attached hydrogens (primary N) is 1. The predicted octanol–water partition coefficient (Wildman–Crippen LogP) is 3.08. The summed E-state index contributed by atoms with van der Waals surface area (Å²) in [6.45, 7) is 0. The van der Waals surface area contributed by atoms with Gasteiger partial charge < -0.3 is 10.7 Å². The zero-order valence-electron chi connectivity index (χ0n) is 12.1. The van der Waals surface area contributed by atoms with Gasteiger partial charge in [-0.25, -0.2) is 0 Å². The molecular weight excluding hydrogens is 338 g/mol. The standard InChI is InChI=1S/C15H12F6N2O/c16-14(17,18)6-10-7-3-8(15(19,20)21)5-13(10,22)9-1-2-12(24)23-11(9)4-7/h1-3,6-7H,4-5,22H2,(H,23,24)/b10-6+/t7-,13-/m0/s1. The first kappa shape index (κ1) is 16.8. The van der Waals surface area contributed by atoms with E-state index in [9.17, 15) is 31.1 Å². The lowest BCUT2D eigenvalue weighted by Gasteiger charge is -2.45. The largest absolute Gasteiger partial charge is 0.412 e. The van der Waals surface area contributed by atoms with E-state index in [1.165, 1.54) is 6.07 Å². The zero-order chi connectivity index (χ0) is 17.9. The molecule has 3 rings (SSSR count). The average molecular weight is 350 g/mol. The monoisotopic (exact) mass is 350 g/mol. The van der Waals surface area contributed by atoms with E-state index in [4.69, 9.17) is 5.73 Å². The highest BCUT2D eigenvalue weighted by Crippen LogP contribution is 2.51. The zero-order valence-corrected chi connectivity index (χ0v) is 12.1. The maximum absolute atomic E-state index is 13.1. The normalized spacial score (nSPS) is 28.5.